The molecular formula is C25H38O. The highest BCUT2D eigenvalue weighted by molar-refractivity contribution is 5.90. The summed E-state index contributed by atoms with van der Waals surface area (Å²) in [6, 6.07) is 0. The van der Waals surface area contributed by atoms with Gasteiger partial charge in [0, 0.05) is 6.42 Å². The van der Waals surface area contributed by atoms with Crippen LogP contribution in [0.3, 0.4) is 0 Å². The van der Waals surface area contributed by atoms with Crippen LogP contribution in [0.2, 0.25) is 0 Å². The van der Waals surface area contributed by atoms with Gasteiger partial charge >= 0.3 is 0 Å². The number of carbonyl (C=O) groups is 1. The van der Waals surface area contributed by atoms with Crippen LogP contribution in [-0.4, -0.2) is 5.78 Å². The lowest BCUT2D eigenvalue weighted by Crippen LogP contribution is -2.19. The Kier molecular flexibility index (Phi) is 9.62. The fourth-order valence-electron chi connectivity index (χ4n) is 3.56. The van der Waals surface area contributed by atoms with Gasteiger partial charge < -0.3 is 0 Å². The van der Waals surface area contributed by atoms with Crippen LogP contribution >= 0.6 is 0 Å². The van der Waals surface area contributed by atoms with Crippen molar-refractivity contribution in [3.05, 3.63) is 58.7 Å². The third kappa shape index (κ3) is 8.17. The first-order valence-corrected chi connectivity index (χ1v) is 10.2. The van der Waals surface area contributed by atoms with E-state index in [4.69, 9.17) is 0 Å². The van der Waals surface area contributed by atoms with E-state index in [0.29, 0.717) is 6.42 Å². The Morgan fingerprint density at radius 2 is 1.85 bits per heavy atom. The molecule has 0 aliphatic heterocycles. The Hall–Kier alpha value is -1.63. The third-order valence-electron chi connectivity index (χ3n) is 5.19. The number of carbonyl (C=O) groups excluding carboxylic acids is 1. The molecule has 0 aromatic heterocycles. The van der Waals surface area contributed by atoms with E-state index in [1.165, 1.54) is 36.0 Å². The van der Waals surface area contributed by atoms with Gasteiger partial charge in [0.05, 0.1) is 0 Å². The van der Waals surface area contributed by atoms with Crippen molar-refractivity contribution in [2.24, 2.45) is 5.41 Å². The molecule has 0 fully saturated rings. The highest BCUT2D eigenvalue weighted by Crippen LogP contribution is 2.40. The minimum absolute atomic E-state index is 0.239. The van der Waals surface area contributed by atoms with E-state index >= 15 is 0 Å². The Labute approximate surface area is 161 Å². The molecule has 144 valence electrons. The van der Waals surface area contributed by atoms with E-state index < -0.39 is 0 Å². The maximum Gasteiger partial charge on any atom is 0.155 e. The molecule has 1 nitrogen and oxygen atoms in total. The molecule has 0 unspecified atom stereocenters. The molecule has 1 aliphatic carbocycles. The summed E-state index contributed by atoms with van der Waals surface area (Å²) in [6.45, 7) is 13.2. The van der Waals surface area contributed by atoms with Crippen LogP contribution in [-0.2, 0) is 4.79 Å². The van der Waals surface area contributed by atoms with Crippen molar-refractivity contribution in [3.63, 3.8) is 0 Å². The van der Waals surface area contributed by atoms with E-state index in [1.54, 1.807) is 6.08 Å². The number of hydrogen-bond acceptors (Lipinski definition) is 1. The third-order valence-corrected chi connectivity index (χ3v) is 5.19. The zero-order valence-corrected chi connectivity index (χ0v) is 17.8. The standard InChI is InChI=1S/C25H38O/c1-7-8-9-15-23(26)19-21(3)13-10-12-20(2)16-17-24-22(4)14-11-18-25(24,5)6/h10,12-13,16-17,19H,7-9,11,14-15,18H2,1-6H3/b13-10+,17-16+,20-12+,21-19+. The Bertz CT molecular complexity index is 621. The molecule has 0 bridgehead atoms. The first-order valence-electron chi connectivity index (χ1n) is 10.2. The highest BCUT2D eigenvalue weighted by atomic mass is 16.1. The quantitative estimate of drug-likeness (QED) is 0.236. The first-order chi connectivity index (χ1) is 12.3. The summed E-state index contributed by atoms with van der Waals surface area (Å²) >= 11 is 0. The lowest BCUT2D eigenvalue weighted by molar-refractivity contribution is -0.114. The second-order valence-corrected chi connectivity index (χ2v) is 8.35. The number of unbranched alkanes of at least 4 members (excludes halogenated alkanes) is 2. The number of hydrogen-bond donors (Lipinski definition) is 0. The smallest absolute Gasteiger partial charge is 0.155 e. The average Bonchev–Trinajstić information content (AvgIpc) is 2.54. The van der Waals surface area contributed by atoms with Gasteiger partial charge in [0.1, 0.15) is 0 Å². The zero-order chi connectivity index (χ0) is 19.6. The van der Waals surface area contributed by atoms with Gasteiger partial charge in [0.15, 0.2) is 5.78 Å². The minimum atomic E-state index is 0.239. The van der Waals surface area contributed by atoms with E-state index in [9.17, 15) is 4.79 Å². The van der Waals surface area contributed by atoms with Crippen LogP contribution in [0.1, 0.15) is 86.5 Å². The normalized spacial score (nSPS) is 19.0. The van der Waals surface area contributed by atoms with Crippen LogP contribution in [0, 0.1) is 5.41 Å². The second kappa shape index (κ2) is 11.2. The molecule has 0 spiro atoms. The summed E-state index contributed by atoms with van der Waals surface area (Å²) < 4.78 is 0. The molecule has 0 aromatic carbocycles. The summed E-state index contributed by atoms with van der Waals surface area (Å²) in [5.41, 5.74) is 5.55. The van der Waals surface area contributed by atoms with E-state index in [0.717, 1.165) is 24.8 Å². The van der Waals surface area contributed by atoms with Crippen molar-refractivity contribution in [2.45, 2.75) is 86.5 Å². The summed E-state index contributed by atoms with van der Waals surface area (Å²) in [5, 5.41) is 0. The molecule has 1 heteroatoms. The largest absolute Gasteiger partial charge is 0.295 e. The van der Waals surface area contributed by atoms with Crippen LogP contribution in [0.15, 0.2) is 58.7 Å². The van der Waals surface area contributed by atoms with E-state index in [-0.39, 0.29) is 11.2 Å². The van der Waals surface area contributed by atoms with Gasteiger partial charge in [-0.2, -0.15) is 0 Å². The molecule has 0 atom stereocenters. The average molecular weight is 355 g/mol. The van der Waals surface area contributed by atoms with Crippen LogP contribution in [0.4, 0.5) is 0 Å². The van der Waals surface area contributed by atoms with Gasteiger partial charge in [-0.25, -0.2) is 0 Å². The summed E-state index contributed by atoms with van der Waals surface area (Å²) in [5.74, 6) is 0.239. The molecule has 0 radical (unpaired) electrons. The van der Waals surface area contributed by atoms with Crippen molar-refractivity contribution in [2.75, 3.05) is 0 Å². The molecule has 0 heterocycles. The van der Waals surface area contributed by atoms with E-state index in [2.05, 4.69) is 52.8 Å². The fourth-order valence-corrected chi connectivity index (χ4v) is 3.56. The summed E-state index contributed by atoms with van der Waals surface area (Å²) in [7, 11) is 0. The molecule has 0 amide bonds. The number of allylic oxidation sites excluding steroid dienone is 10. The lowest BCUT2D eigenvalue weighted by Gasteiger charge is -2.32. The maximum atomic E-state index is 11.9. The van der Waals surface area contributed by atoms with Gasteiger partial charge in [0.2, 0.25) is 0 Å². The summed E-state index contributed by atoms with van der Waals surface area (Å²) in [4.78, 5) is 11.9. The van der Waals surface area contributed by atoms with Gasteiger partial charge in [-0.1, -0.05) is 75.1 Å². The Balaban J connectivity index is 2.64. The van der Waals surface area contributed by atoms with Crippen molar-refractivity contribution in [3.8, 4) is 0 Å². The molecule has 1 aliphatic rings. The molecule has 26 heavy (non-hydrogen) atoms. The van der Waals surface area contributed by atoms with Crippen molar-refractivity contribution >= 4 is 5.78 Å². The second-order valence-electron chi connectivity index (χ2n) is 8.35. The minimum Gasteiger partial charge on any atom is -0.295 e. The van der Waals surface area contributed by atoms with Crippen molar-refractivity contribution < 1.29 is 4.79 Å². The predicted octanol–water partition coefficient (Wildman–Crippen LogP) is 7.67. The molecule has 1 rings (SSSR count). The first kappa shape index (κ1) is 22.4. The van der Waals surface area contributed by atoms with Gasteiger partial charge in [0.25, 0.3) is 0 Å². The maximum absolute atomic E-state index is 11.9. The van der Waals surface area contributed by atoms with Crippen molar-refractivity contribution in [1.82, 2.24) is 0 Å². The topological polar surface area (TPSA) is 17.1 Å². The van der Waals surface area contributed by atoms with Crippen LogP contribution in [0.25, 0.3) is 0 Å². The fraction of sp³-hybridized carbons (Fsp3) is 0.560. The Morgan fingerprint density at radius 3 is 2.50 bits per heavy atom. The lowest BCUT2D eigenvalue weighted by atomic mass is 9.72. The SMILES string of the molecule is CCCCCC(=O)/C=C(C)/C=C/C=C(C)/C=C/C1=C(C)CCCC1(C)C. The van der Waals surface area contributed by atoms with Crippen LogP contribution in [0.5, 0.6) is 0 Å². The predicted molar refractivity (Wildman–Crippen MR) is 115 cm³/mol. The molecule has 0 saturated carbocycles. The number of rotatable bonds is 9. The summed E-state index contributed by atoms with van der Waals surface area (Å²) in [6.07, 6.45) is 20.2. The monoisotopic (exact) mass is 354 g/mol. The van der Waals surface area contributed by atoms with Crippen LogP contribution < -0.4 is 0 Å². The number of ketones is 1. The highest BCUT2D eigenvalue weighted by Gasteiger charge is 2.26. The molecular weight excluding hydrogens is 316 g/mol. The molecule has 0 saturated heterocycles. The van der Waals surface area contributed by atoms with E-state index in [1.807, 2.05) is 19.1 Å². The van der Waals surface area contributed by atoms with Gasteiger partial charge in [-0.3, -0.25) is 4.79 Å². The van der Waals surface area contributed by atoms with Gasteiger partial charge in [-0.05, 0) is 69.1 Å². The van der Waals surface area contributed by atoms with Crippen molar-refractivity contribution in [1.29, 1.82) is 0 Å². The van der Waals surface area contributed by atoms with Gasteiger partial charge in [-0.15, -0.1) is 0 Å². The molecule has 0 aromatic rings. The Morgan fingerprint density at radius 1 is 1.12 bits per heavy atom. The molecule has 0 N–H and O–H groups in total. The zero-order valence-electron chi connectivity index (χ0n) is 17.8.